The average molecular weight is 407 g/mol. The minimum Gasteiger partial charge on any atom is -0.353 e. The van der Waals surface area contributed by atoms with Gasteiger partial charge in [0.15, 0.2) is 0 Å². The molecule has 0 amide bonds. The van der Waals surface area contributed by atoms with Crippen molar-refractivity contribution in [2.24, 2.45) is 0 Å². The topological polar surface area (TPSA) is 12.0 Å². The second-order valence-electron chi connectivity index (χ2n) is 7.39. The minimum atomic E-state index is -0.455. The predicted molar refractivity (Wildman–Crippen MR) is 116 cm³/mol. The molecule has 0 aromatic heterocycles. The maximum Gasteiger partial charge on any atom is 0.146 e. The Bertz CT molecular complexity index is 1020. The Morgan fingerprint density at radius 2 is 1.53 bits per heavy atom. The zero-order valence-electron chi connectivity index (χ0n) is 16.9. The molecule has 0 saturated carbocycles. The first-order valence-corrected chi connectivity index (χ1v) is 10.0. The lowest BCUT2D eigenvalue weighted by atomic mass is 9.75. The van der Waals surface area contributed by atoms with Crippen LogP contribution in [0, 0.1) is 29.8 Å². The SMILES string of the molecule is C#CC(CC)(CCCc1ccc(F)c(Nc2ccc(F)cc2)c1)c1ccc(F)cc1. The second kappa shape index (κ2) is 9.54. The molecule has 1 unspecified atom stereocenters. The van der Waals surface area contributed by atoms with Crippen molar-refractivity contribution in [1.29, 1.82) is 0 Å². The van der Waals surface area contributed by atoms with Crippen molar-refractivity contribution in [2.45, 2.75) is 38.0 Å². The van der Waals surface area contributed by atoms with Crippen molar-refractivity contribution < 1.29 is 13.2 Å². The fourth-order valence-electron chi connectivity index (χ4n) is 3.66. The zero-order valence-corrected chi connectivity index (χ0v) is 16.9. The van der Waals surface area contributed by atoms with Crippen molar-refractivity contribution >= 4 is 11.4 Å². The highest BCUT2D eigenvalue weighted by atomic mass is 19.1. The van der Waals surface area contributed by atoms with E-state index in [0.717, 1.165) is 36.8 Å². The number of rotatable bonds is 8. The molecule has 3 rings (SSSR count). The van der Waals surface area contributed by atoms with Crippen LogP contribution >= 0.6 is 0 Å². The smallest absolute Gasteiger partial charge is 0.146 e. The molecule has 1 N–H and O–H groups in total. The van der Waals surface area contributed by atoms with Gasteiger partial charge in [-0.3, -0.25) is 0 Å². The normalized spacial score (nSPS) is 12.8. The van der Waals surface area contributed by atoms with Crippen LogP contribution in [0.2, 0.25) is 0 Å². The fraction of sp³-hybridized carbons (Fsp3) is 0.231. The van der Waals surface area contributed by atoms with Crippen LogP contribution in [0.5, 0.6) is 0 Å². The Morgan fingerprint density at radius 1 is 0.900 bits per heavy atom. The highest BCUT2D eigenvalue weighted by molar-refractivity contribution is 5.60. The van der Waals surface area contributed by atoms with E-state index in [9.17, 15) is 13.2 Å². The molecule has 0 aliphatic rings. The highest BCUT2D eigenvalue weighted by Crippen LogP contribution is 2.33. The summed E-state index contributed by atoms with van der Waals surface area (Å²) < 4.78 is 40.6. The molecular formula is C26H24F3N. The average Bonchev–Trinajstić information content (AvgIpc) is 2.76. The molecule has 0 fully saturated rings. The number of terminal acetylenes is 1. The summed E-state index contributed by atoms with van der Waals surface area (Å²) in [5.74, 6) is 1.92. The van der Waals surface area contributed by atoms with E-state index in [1.165, 1.54) is 30.3 Å². The molecule has 0 bridgehead atoms. The fourth-order valence-corrected chi connectivity index (χ4v) is 3.66. The number of aryl methyl sites for hydroxylation is 1. The maximum atomic E-state index is 14.2. The number of hydrogen-bond acceptors (Lipinski definition) is 1. The summed E-state index contributed by atoms with van der Waals surface area (Å²) in [6.07, 6.45) is 8.89. The van der Waals surface area contributed by atoms with E-state index in [-0.39, 0.29) is 17.5 Å². The molecule has 0 aliphatic heterocycles. The molecule has 0 spiro atoms. The molecular weight excluding hydrogens is 383 g/mol. The summed E-state index contributed by atoms with van der Waals surface area (Å²) in [6, 6.07) is 17.1. The molecule has 0 heterocycles. The van der Waals surface area contributed by atoms with Gasteiger partial charge in [-0.1, -0.05) is 31.0 Å². The van der Waals surface area contributed by atoms with Crippen LogP contribution in [0.15, 0.2) is 66.7 Å². The molecule has 4 heteroatoms. The van der Waals surface area contributed by atoms with E-state index in [1.807, 2.05) is 6.92 Å². The monoisotopic (exact) mass is 407 g/mol. The quantitative estimate of drug-likeness (QED) is 0.391. The van der Waals surface area contributed by atoms with Crippen LogP contribution < -0.4 is 5.32 Å². The third kappa shape index (κ3) is 5.04. The van der Waals surface area contributed by atoms with Crippen molar-refractivity contribution in [2.75, 3.05) is 5.32 Å². The molecule has 0 radical (unpaired) electrons. The molecule has 0 aliphatic carbocycles. The number of halogens is 3. The summed E-state index contributed by atoms with van der Waals surface area (Å²) in [6.45, 7) is 2.03. The molecule has 30 heavy (non-hydrogen) atoms. The number of hydrogen-bond donors (Lipinski definition) is 1. The minimum absolute atomic E-state index is 0.284. The first-order valence-electron chi connectivity index (χ1n) is 10.0. The van der Waals surface area contributed by atoms with Crippen LogP contribution in [0.3, 0.4) is 0 Å². The summed E-state index contributed by atoms with van der Waals surface area (Å²) in [5.41, 5.74) is 2.41. The molecule has 3 aromatic rings. The largest absolute Gasteiger partial charge is 0.353 e. The lowest BCUT2D eigenvalue weighted by Gasteiger charge is -2.28. The number of benzene rings is 3. The van der Waals surface area contributed by atoms with E-state index in [4.69, 9.17) is 6.42 Å². The van der Waals surface area contributed by atoms with E-state index in [0.29, 0.717) is 11.4 Å². The first-order chi connectivity index (χ1) is 14.5. The molecule has 1 nitrogen and oxygen atoms in total. The maximum absolute atomic E-state index is 14.2. The van der Waals surface area contributed by atoms with Gasteiger partial charge in [0.25, 0.3) is 0 Å². The molecule has 1 atom stereocenters. The van der Waals surface area contributed by atoms with Gasteiger partial charge < -0.3 is 5.32 Å². The Labute approximate surface area is 176 Å². The lowest BCUT2D eigenvalue weighted by molar-refractivity contribution is 0.472. The Morgan fingerprint density at radius 3 is 2.13 bits per heavy atom. The molecule has 3 aromatic carbocycles. The van der Waals surface area contributed by atoms with Gasteiger partial charge in [-0.15, -0.1) is 6.42 Å². The van der Waals surface area contributed by atoms with Crippen molar-refractivity contribution in [3.05, 3.63) is 95.3 Å². The van der Waals surface area contributed by atoms with Crippen LogP contribution in [0.4, 0.5) is 24.5 Å². The van der Waals surface area contributed by atoms with Gasteiger partial charge in [-0.25, -0.2) is 13.2 Å². The highest BCUT2D eigenvalue weighted by Gasteiger charge is 2.27. The van der Waals surface area contributed by atoms with Gasteiger partial charge in [-0.05, 0) is 85.3 Å². The molecule has 0 saturated heterocycles. The first kappa shape index (κ1) is 21.5. The Hall–Kier alpha value is -3.19. The second-order valence-corrected chi connectivity index (χ2v) is 7.39. The predicted octanol–water partition coefficient (Wildman–Crippen LogP) is 7.15. The van der Waals surface area contributed by atoms with E-state index >= 15 is 0 Å². The van der Waals surface area contributed by atoms with Crippen molar-refractivity contribution in [3.63, 3.8) is 0 Å². The van der Waals surface area contributed by atoms with Crippen LogP contribution in [-0.2, 0) is 11.8 Å². The van der Waals surface area contributed by atoms with E-state index in [2.05, 4.69) is 11.2 Å². The van der Waals surface area contributed by atoms with Gasteiger partial charge >= 0.3 is 0 Å². The Kier molecular flexibility index (Phi) is 6.84. The number of nitrogens with one attached hydrogen (secondary N) is 1. The van der Waals surface area contributed by atoms with Gasteiger partial charge in [0, 0.05) is 5.69 Å². The lowest BCUT2D eigenvalue weighted by Crippen LogP contribution is -2.23. The third-order valence-electron chi connectivity index (χ3n) is 5.50. The standard InChI is InChI=1S/C26H24F3N/c1-3-26(4-2,20-8-10-21(27)11-9-20)17-5-6-19-7-16-24(29)25(18-19)30-23-14-12-22(28)13-15-23/h1,7-16,18,30H,4-6,17H2,2H3. The van der Waals surface area contributed by atoms with Crippen LogP contribution in [-0.4, -0.2) is 0 Å². The van der Waals surface area contributed by atoms with Gasteiger partial charge in [0.1, 0.15) is 17.5 Å². The van der Waals surface area contributed by atoms with E-state index < -0.39 is 5.41 Å². The summed E-state index contributed by atoms with van der Waals surface area (Å²) in [4.78, 5) is 0. The van der Waals surface area contributed by atoms with Crippen molar-refractivity contribution in [1.82, 2.24) is 0 Å². The summed E-state index contributed by atoms with van der Waals surface area (Å²) in [5, 5.41) is 2.99. The van der Waals surface area contributed by atoms with Crippen LogP contribution in [0.1, 0.15) is 37.3 Å². The summed E-state index contributed by atoms with van der Waals surface area (Å²) in [7, 11) is 0. The zero-order chi connectivity index (χ0) is 21.6. The van der Waals surface area contributed by atoms with Gasteiger partial charge in [0.2, 0.25) is 0 Å². The number of anilines is 2. The summed E-state index contributed by atoms with van der Waals surface area (Å²) >= 11 is 0. The third-order valence-corrected chi connectivity index (χ3v) is 5.50. The van der Waals surface area contributed by atoms with Gasteiger partial charge in [-0.2, -0.15) is 0 Å². The molecule has 154 valence electrons. The van der Waals surface area contributed by atoms with Gasteiger partial charge in [0.05, 0.1) is 11.1 Å². The van der Waals surface area contributed by atoms with Crippen molar-refractivity contribution in [3.8, 4) is 12.3 Å². The van der Waals surface area contributed by atoms with Crippen LogP contribution in [0.25, 0.3) is 0 Å². The van der Waals surface area contributed by atoms with E-state index in [1.54, 1.807) is 36.4 Å². The Balaban J connectivity index is 1.69.